The highest BCUT2D eigenvalue weighted by molar-refractivity contribution is 5.64. The van der Waals surface area contributed by atoms with Crippen LogP contribution in [-0.4, -0.2) is 21.1 Å². The van der Waals surface area contributed by atoms with Gasteiger partial charge in [-0.3, -0.25) is 0 Å². The number of nitrogens with zero attached hydrogens (tertiary/aromatic N) is 4. The van der Waals surface area contributed by atoms with Crippen molar-refractivity contribution in [2.75, 3.05) is 0 Å². The molecule has 1 rings (SSSR count). The Morgan fingerprint density at radius 2 is 1.93 bits per heavy atom. The highest BCUT2D eigenvalue weighted by Crippen LogP contribution is 2.19. The maximum atomic E-state index is 4.25. The summed E-state index contributed by atoms with van der Waals surface area (Å²) in [6, 6.07) is 0. The molecule has 0 unspecified atom stereocenters. The van der Waals surface area contributed by atoms with Crippen LogP contribution in [0.3, 0.4) is 0 Å². The average Bonchev–Trinajstić information content (AvgIpc) is 2.65. The minimum Gasteiger partial charge on any atom is -0.208 e. The molecular weight excluding hydrogens is 188 g/mol. The molecule has 0 fully saturated rings. The number of aromatic nitrogens is 3. The van der Waals surface area contributed by atoms with Crippen LogP contribution >= 0.6 is 0 Å². The predicted octanol–water partition coefficient (Wildman–Crippen LogP) is 2.49. The molecule has 15 heavy (non-hydrogen) atoms. The Kier molecular flexibility index (Phi) is 3.77. The van der Waals surface area contributed by atoms with Gasteiger partial charge in [0, 0.05) is 11.6 Å². The van der Waals surface area contributed by atoms with Crippen LogP contribution in [0.25, 0.3) is 0 Å². The first-order valence-corrected chi connectivity index (χ1v) is 5.03. The quantitative estimate of drug-likeness (QED) is 0.561. The molecule has 0 N–H and O–H groups in total. The Morgan fingerprint density at radius 1 is 1.33 bits per heavy atom. The highest BCUT2D eigenvalue weighted by atomic mass is 15.4. The molecule has 0 atom stereocenters. The fourth-order valence-electron chi connectivity index (χ4n) is 0.998. The minimum absolute atomic E-state index is 0.0571. The van der Waals surface area contributed by atoms with Crippen molar-refractivity contribution < 1.29 is 0 Å². The average molecular weight is 206 g/mol. The van der Waals surface area contributed by atoms with Gasteiger partial charge in [0.2, 0.25) is 0 Å². The predicted molar refractivity (Wildman–Crippen MR) is 61.7 cm³/mol. The van der Waals surface area contributed by atoms with Gasteiger partial charge in [-0.05, 0) is 20.3 Å². The van der Waals surface area contributed by atoms with Crippen LogP contribution in [0.15, 0.2) is 29.4 Å². The van der Waals surface area contributed by atoms with E-state index in [0.717, 1.165) is 6.42 Å². The van der Waals surface area contributed by atoms with Gasteiger partial charge in [0.15, 0.2) is 0 Å². The fraction of sp³-hybridized carbons (Fsp3) is 0.545. The van der Waals surface area contributed by atoms with Crippen molar-refractivity contribution in [2.24, 2.45) is 10.5 Å². The Morgan fingerprint density at radius 3 is 2.47 bits per heavy atom. The maximum Gasteiger partial charge on any atom is 0.141 e. The summed E-state index contributed by atoms with van der Waals surface area (Å²) >= 11 is 0. The van der Waals surface area contributed by atoms with E-state index in [4.69, 9.17) is 0 Å². The maximum absolute atomic E-state index is 4.25. The molecule has 0 radical (unpaired) electrons. The van der Waals surface area contributed by atoms with Crippen molar-refractivity contribution in [3.05, 3.63) is 24.3 Å². The molecule has 1 aromatic rings. The molecule has 0 aliphatic rings. The van der Waals surface area contributed by atoms with Gasteiger partial charge in [-0.1, -0.05) is 25.5 Å². The van der Waals surface area contributed by atoms with Crippen molar-refractivity contribution in [3.8, 4) is 0 Å². The summed E-state index contributed by atoms with van der Waals surface area (Å²) < 4.78 is 1.60. The molecule has 4 heteroatoms. The molecule has 0 aromatic carbocycles. The largest absolute Gasteiger partial charge is 0.208 e. The molecule has 0 aliphatic carbocycles. The monoisotopic (exact) mass is 206 g/mol. The minimum atomic E-state index is 0.0571. The van der Waals surface area contributed by atoms with Gasteiger partial charge in [0.1, 0.15) is 12.7 Å². The molecule has 0 bridgehead atoms. The number of hydrogen-bond acceptors (Lipinski definition) is 3. The van der Waals surface area contributed by atoms with Crippen molar-refractivity contribution in [1.29, 1.82) is 0 Å². The van der Waals surface area contributed by atoms with Gasteiger partial charge < -0.3 is 0 Å². The number of rotatable bonds is 4. The van der Waals surface area contributed by atoms with E-state index in [9.17, 15) is 0 Å². The Balaban J connectivity index is 2.59. The standard InChI is InChI=1S/C11H18N4/c1-10(2)5-6-11(3,4)7-14-15-8-12-13-9-15/h5,7-9H,6H2,1-4H3. The van der Waals surface area contributed by atoms with E-state index in [1.54, 1.807) is 17.3 Å². The smallest absolute Gasteiger partial charge is 0.141 e. The summed E-state index contributed by atoms with van der Waals surface area (Å²) in [6.45, 7) is 8.51. The lowest BCUT2D eigenvalue weighted by Gasteiger charge is -2.16. The first-order chi connectivity index (χ1) is 6.99. The lowest BCUT2D eigenvalue weighted by atomic mass is 9.90. The summed E-state index contributed by atoms with van der Waals surface area (Å²) in [5.41, 5.74) is 1.39. The molecule has 4 nitrogen and oxygen atoms in total. The first-order valence-electron chi connectivity index (χ1n) is 5.03. The van der Waals surface area contributed by atoms with Gasteiger partial charge >= 0.3 is 0 Å². The van der Waals surface area contributed by atoms with Crippen molar-refractivity contribution >= 4 is 6.21 Å². The van der Waals surface area contributed by atoms with Gasteiger partial charge in [0.25, 0.3) is 0 Å². The van der Waals surface area contributed by atoms with Crippen LogP contribution in [0.5, 0.6) is 0 Å². The normalized spacial score (nSPS) is 12.0. The molecule has 1 aromatic heterocycles. The lowest BCUT2D eigenvalue weighted by Crippen LogP contribution is -2.12. The van der Waals surface area contributed by atoms with Crippen molar-refractivity contribution in [1.82, 2.24) is 14.9 Å². The SMILES string of the molecule is CC(C)=CCC(C)(C)C=Nn1cnnc1. The molecule has 0 spiro atoms. The third kappa shape index (κ3) is 4.54. The second kappa shape index (κ2) is 4.87. The zero-order chi connectivity index (χ0) is 11.3. The van der Waals surface area contributed by atoms with E-state index in [1.165, 1.54) is 5.57 Å². The summed E-state index contributed by atoms with van der Waals surface area (Å²) in [6.07, 6.45) is 8.29. The van der Waals surface area contributed by atoms with Crippen molar-refractivity contribution in [2.45, 2.75) is 34.1 Å². The Bertz CT molecular complexity index is 343. The highest BCUT2D eigenvalue weighted by Gasteiger charge is 2.12. The van der Waals surface area contributed by atoms with Gasteiger partial charge in [0.05, 0.1) is 0 Å². The molecule has 0 saturated heterocycles. The second-order valence-electron chi connectivity index (χ2n) is 4.56. The van der Waals surface area contributed by atoms with Crippen LogP contribution in [0.2, 0.25) is 0 Å². The Labute approximate surface area is 90.7 Å². The van der Waals surface area contributed by atoms with Crippen LogP contribution < -0.4 is 0 Å². The van der Waals surface area contributed by atoms with Gasteiger partial charge in [-0.2, -0.15) is 5.10 Å². The summed E-state index contributed by atoms with van der Waals surface area (Å²) in [7, 11) is 0. The van der Waals surface area contributed by atoms with Gasteiger partial charge in [-0.15, -0.1) is 10.2 Å². The third-order valence-electron chi connectivity index (χ3n) is 1.98. The molecule has 1 heterocycles. The van der Waals surface area contributed by atoms with Crippen LogP contribution in [0.1, 0.15) is 34.1 Å². The van der Waals surface area contributed by atoms with Gasteiger partial charge in [-0.25, -0.2) is 4.68 Å². The number of allylic oxidation sites excluding steroid dienone is 2. The number of hydrogen-bond donors (Lipinski definition) is 0. The molecule has 82 valence electrons. The zero-order valence-electron chi connectivity index (χ0n) is 9.81. The molecule has 0 saturated carbocycles. The van der Waals surface area contributed by atoms with E-state index in [-0.39, 0.29) is 5.41 Å². The summed E-state index contributed by atoms with van der Waals surface area (Å²) in [4.78, 5) is 0. The van der Waals surface area contributed by atoms with Crippen molar-refractivity contribution in [3.63, 3.8) is 0 Å². The topological polar surface area (TPSA) is 43.1 Å². The van der Waals surface area contributed by atoms with E-state index < -0.39 is 0 Å². The molecule has 0 aliphatic heterocycles. The van der Waals surface area contributed by atoms with Crippen LogP contribution in [0.4, 0.5) is 0 Å². The first kappa shape index (κ1) is 11.6. The lowest BCUT2D eigenvalue weighted by molar-refractivity contribution is 0.539. The molecule has 0 amide bonds. The van der Waals surface area contributed by atoms with Crippen LogP contribution in [0, 0.1) is 5.41 Å². The van der Waals surface area contributed by atoms with E-state index in [2.05, 4.69) is 49.1 Å². The van der Waals surface area contributed by atoms with E-state index >= 15 is 0 Å². The molecular formula is C11H18N4. The van der Waals surface area contributed by atoms with E-state index in [1.807, 2.05) is 6.21 Å². The third-order valence-corrected chi connectivity index (χ3v) is 1.98. The summed E-state index contributed by atoms with van der Waals surface area (Å²) in [5, 5.41) is 11.6. The Hall–Kier alpha value is -1.45. The van der Waals surface area contributed by atoms with E-state index in [0.29, 0.717) is 0 Å². The summed E-state index contributed by atoms with van der Waals surface area (Å²) in [5.74, 6) is 0. The second-order valence-corrected chi connectivity index (χ2v) is 4.56. The zero-order valence-corrected chi connectivity index (χ0v) is 9.81. The van der Waals surface area contributed by atoms with Crippen LogP contribution in [-0.2, 0) is 0 Å². The fourth-order valence-corrected chi connectivity index (χ4v) is 0.998.